The van der Waals surface area contributed by atoms with Crippen molar-refractivity contribution in [3.63, 3.8) is 0 Å². The number of nitrogens with zero attached hydrogens (tertiary/aromatic N) is 2. The summed E-state index contributed by atoms with van der Waals surface area (Å²) in [6, 6.07) is 0.411. The molecule has 1 aliphatic rings. The first-order chi connectivity index (χ1) is 6.29. The molecule has 0 saturated carbocycles. The third kappa shape index (κ3) is 5.52. The normalized spacial score (nSPS) is 30.0. The number of hydrogen-bond acceptors (Lipinski definition) is 2. The Balaban J connectivity index is 0.00000196. The molecule has 2 nitrogen and oxygen atoms in total. The molecule has 0 aromatic carbocycles. The van der Waals surface area contributed by atoms with Gasteiger partial charge in [0.25, 0.3) is 0 Å². The molecule has 2 unspecified atom stereocenters. The Morgan fingerprint density at radius 1 is 1.13 bits per heavy atom. The number of halogens is 3. The first kappa shape index (κ1) is 16.4. The fourth-order valence-corrected chi connectivity index (χ4v) is 1.96. The average Bonchev–Trinajstić information content (AvgIpc) is 1.96. The molecular formula is C8H17BF3KN2. The minimum atomic E-state index is -4.68. The zero-order valence-electron chi connectivity index (χ0n) is 9.88. The summed E-state index contributed by atoms with van der Waals surface area (Å²) in [5, 5.41) is 0. The standard InChI is InChI=1S/C8H17BF3N2.K/c1-7-4-14(6-9(10,11)12)5-8(2)13(7)3;/h7-8H,4-6H2,1-3H3;/q-1;+1. The van der Waals surface area contributed by atoms with Crippen LogP contribution in [-0.4, -0.2) is 55.4 Å². The average molecular weight is 248 g/mol. The summed E-state index contributed by atoms with van der Waals surface area (Å²) in [5.74, 6) is 0. The topological polar surface area (TPSA) is 6.48 Å². The van der Waals surface area contributed by atoms with Crippen molar-refractivity contribution < 1.29 is 64.3 Å². The van der Waals surface area contributed by atoms with E-state index in [4.69, 9.17) is 0 Å². The Morgan fingerprint density at radius 2 is 1.53 bits per heavy atom. The van der Waals surface area contributed by atoms with Gasteiger partial charge in [-0.05, 0) is 27.3 Å². The molecule has 15 heavy (non-hydrogen) atoms. The van der Waals surface area contributed by atoms with Crippen LogP contribution in [-0.2, 0) is 0 Å². The van der Waals surface area contributed by atoms with Crippen molar-refractivity contribution >= 4 is 6.98 Å². The molecule has 0 N–H and O–H groups in total. The molecule has 0 aromatic heterocycles. The maximum Gasteiger partial charge on any atom is 1.00 e. The van der Waals surface area contributed by atoms with Gasteiger partial charge in [0.05, 0.1) is 0 Å². The van der Waals surface area contributed by atoms with E-state index in [0.29, 0.717) is 13.1 Å². The largest absolute Gasteiger partial charge is 1.00 e. The molecule has 0 aliphatic carbocycles. The van der Waals surface area contributed by atoms with Crippen LogP contribution in [0, 0.1) is 0 Å². The van der Waals surface area contributed by atoms with E-state index in [1.165, 1.54) is 4.90 Å². The van der Waals surface area contributed by atoms with Crippen LogP contribution in [0.2, 0.25) is 0 Å². The molecule has 0 aromatic rings. The molecule has 0 amide bonds. The van der Waals surface area contributed by atoms with E-state index in [9.17, 15) is 12.9 Å². The van der Waals surface area contributed by atoms with Crippen LogP contribution >= 0.6 is 0 Å². The monoisotopic (exact) mass is 248 g/mol. The molecule has 0 radical (unpaired) electrons. The maximum absolute atomic E-state index is 12.2. The van der Waals surface area contributed by atoms with Gasteiger partial charge in [0.1, 0.15) is 0 Å². The second kappa shape index (κ2) is 6.37. The van der Waals surface area contributed by atoms with Crippen molar-refractivity contribution in [3.8, 4) is 0 Å². The Hall–Kier alpha value is 1.41. The first-order valence-corrected chi connectivity index (χ1v) is 4.95. The van der Waals surface area contributed by atoms with Gasteiger partial charge in [-0.15, -0.1) is 0 Å². The summed E-state index contributed by atoms with van der Waals surface area (Å²) in [4.78, 5) is 3.63. The van der Waals surface area contributed by atoms with Gasteiger partial charge in [-0.25, -0.2) is 0 Å². The summed E-state index contributed by atoms with van der Waals surface area (Å²) in [6.45, 7) is 0.282. The van der Waals surface area contributed by atoms with Gasteiger partial charge in [-0.2, -0.15) is 0 Å². The molecule has 2 atom stereocenters. The summed E-state index contributed by atoms with van der Waals surface area (Å²) in [6.07, 6.45) is -0.720. The van der Waals surface area contributed by atoms with E-state index >= 15 is 0 Å². The van der Waals surface area contributed by atoms with Crippen LogP contribution in [0.5, 0.6) is 0 Å². The van der Waals surface area contributed by atoms with Crippen LogP contribution in [0.15, 0.2) is 0 Å². The molecule has 0 spiro atoms. The van der Waals surface area contributed by atoms with Crippen LogP contribution in [0.1, 0.15) is 13.8 Å². The number of likely N-dealkylation sites (N-methyl/N-ethyl adjacent to an activating group) is 1. The second-order valence-electron chi connectivity index (χ2n) is 4.29. The van der Waals surface area contributed by atoms with Gasteiger partial charge >= 0.3 is 58.4 Å². The summed E-state index contributed by atoms with van der Waals surface area (Å²) < 4.78 is 36.6. The first-order valence-electron chi connectivity index (χ1n) is 4.95. The van der Waals surface area contributed by atoms with Gasteiger partial charge in [0.2, 0.25) is 0 Å². The van der Waals surface area contributed by atoms with E-state index in [1.807, 2.05) is 20.9 Å². The van der Waals surface area contributed by atoms with Crippen LogP contribution in [0.3, 0.4) is 0 Å². The minimum Gasteiger partial charge on any atom is -0.448 e. The number of piperazine rings is 1. The van der Waals surface area contributed by atoms with Crippen molar-refractivity contribution in [3.05, 3.63) is 0 Å². The Labute approximate surface area is 132 Å². The number of rotatable bonds is 2. The van der Waals surface area contributed by atoms with Gasteiger partial charge in [0.15, 0.2) is 0 Å². The molecule has 1 heterocycles. The maximum atomic E-state index is 12.2. The fourth-order valence-electron chi connectivity index (χ4n) is 1.96. The van der Waals surface area contributed by atoms with Crippen molar-refractivity contribution in [2.24, 2.45) is 0 Å². The third-order valence-corrected chi connectivity index (χ3v) is 2.90. The summed E-state index contributed by atoms with van der Waals surface area (Å²) in [7, 11) is 1.96. The molecule has 1 aliphatic heterocycles. The van der Waals surface area contributed by atoms with Crippen molar-refractivity contribution in [2.75, 3.05) is 26.6 Å². The van der Waals surface area contributed by atoms with Crippen LogP contribution in [0.25, 0.3) is 0 Å². The Kier molecular flexibility index (Phi) is 6.97. The molecule has 1 rings (SSSR count). The van der Waals surface area contributed by atoms with Crippen LogP contribution in [0.4, 0.5) is 12.9 Å². The van der Waals surface area contributed by atoms with E-state index < -0.39 is 13.4 Å². The molecule has 0 bridgehead atoms. The van der Waals surface area contributed by atoms with Gasteiger partial charge < -0.3 is 17.8 Å². The van der Waals surface area contributed by atoms with Crippen LogP contribution < -0.4 is 51.4 Å². The van der Waals surface area contributed by atoms with Crippen molar-refractivity contribution in [2.45, 2.75) is 25.9 Å². The SMILES string of the molecule is CC1CN(C[B-](F)(F)F)CC(C)N1C.[K+]. The quantitative estimate of drug-likeness (QED) is 0.543. The molecule has 7 heteroatoms. The Bertz CT molecular complexity index is 191. The molecular weight excluding hydrogens is 231 g/mol. The zero-order chi connectivity index (χ0) is 10.9. The molecule has 1 saturated heterocycles. The van der Waals surface area contributed by atoms with Crippen molar-refractivity contribution in [1.29, 1.82) is 0 Å². The zero-order valence-corrected chi connectivity index (χ0v) is 13.0. The van der Waals surface area contributed by atoms with E-state index in [2.05, 4.69) is 4.90 Å². The van der Waals surface area contributed by atoms with Crippen molar-refractivity contribution in [1.82, 2.24) is 9.80 Å². The fraction of sp³-hybridized carbons (Fsp3) is 1.00. The van der Waals surface area contributed by atoms with Gasteiger partial charge in [0, 0.05) is 25.2 Å². The van der Waals surface area contributed by atoms with E-state index in [0.717, 1.165) is 0 Å². The minimum absolute atomic E-state index is 0. The predicted octanol–water partition coefficient (Wildman–Crippen LogP) is -1.60. The van der Waals surface area contributed by atoms with Gasteiger partial charge in [-0.1, -0.05) is 0 Å². The van der Waals surface area contributed by atoms with E-state index in [-0.39, 0.29) is 63.5 Å². The van der Waals surface area contributed by atoms with Gasteiger partial charge in [-0.3, -0.25) is 4.90 Å². The Morgan fingerprint density at radius 3 is 1.87 bits per heavy atom. The summed E-state index contributed by atoms with van der Waals surface area (Å²) in [5.41, 5.74) is 0. The number of hydrogen-bond donors (Lipinski definition) is 0. The predicted molar refractivity (Wildman–Crippen MR) is 52.2 cm³/mol. The summed E-state index contributed by atoms with van der Waals surface area (Å²) >= 11 is 0. The second-order valence-corrected chi connectivity index (χ2v) is 4.29. The van der Waals surface area contributed by atoms with E-state index in [1.54, 1.807) is 0 Å². The molecule has 84 valence electrons. The molecule has 1 fully saturated rings. The smallest absolute Gasteiger partial charge is 0.448 e. The third-order valence-electron chi connectivity index (χ3n) is 2.90.